The average Bonchev–Trinajstić information content (AvgIpc) is 3.17. The van der Waals surface area contributed by atoms with E-state index in [-0.39, 0.29) is 28.4 Å². The van der Waals surface area contributed by atoms with Crippen molar-refractivity contribution in [2.75, 3.05) is 36.8 Å². The molecule has 2 atom stereocenters. The molecule has 0 bridgehead atoms. The third kappa shape index (κ3) is 3.13. The molecule has 2 amide bonds. The number of amides is 2. The lowest BCUT2D eigenvalue weighted by Gasteiger charge is -2.38. The van der Waals surface area contributed by atoms with E-state index in [1.54, 1.807) is 23.9 Å². The Morgan fingerprint density at radius 1 is 1.22 bits per heavy atom. The van der Waals surface area contributed by atoms with Crippen molar-refractivity contribution in [3.8, 4) is 0 Å². The second kappa shape index (κ2) is 6.70. The zero-order valence-electron chi connectivity index (χ0n) is 15.2. The number of carbonyl (C=O) groups excluding carboxylic acids is 2. The van der Waals surface area contributed by atoms with Crippen LogP contribution in [0.4, 0.5) is 11.4 Å². The maximum absolute atomic E-state index is 13.0. The van der Waals surface area contributed by atoms with Crippen LogP contribution in [0, 0.1) is 10.1 Å². The Morgan fingerprint density at radius 3 is 2.52 bits per heavy atom. The van der Waals surface area contributed by atoms with E-state index in [0.29, 0.717) is 38.4 Å². The van der Waals surface area contributed by atoms with Gasteiger partial charge in [-0.2, -0.15) is 0 Å². The predicted molar refractivity (Wildman–Crippen MR) is 103 cm³/mol. The van der Waals surface area contributed by atoms with E-state index in [1.165, 1.54) is 12.1 Å². The van der Waals surface area contributed by atoms with Gasteiger partial charge in [-0.1, -0.05) is 0 Å². The molecule has 144 valence electrons. The molecule has 3 saturated heterocycles. The summed E-state index contributed by atoms with van der Waals surface area (Å²) in [4.78, 5) is 41.2. The average molecular weight is 390 g/mol. The summed E-state index contributed by atoms with van der Waals surface area (Å²) in [5.41, 5.74) is 0.996. The van der Waals surface area contributed by atoms with Gasteiger partial charge in [-0.05, 0) is 25.5 Å². The summed E-state index contributed by atoms with van der Waals surface area (Å²) in [7, 11) is 0. The summed E-state index contributed by atoms with van der Waals surface area (Å²) in [6.07, 6.45) is 1.34. The Balaban J connectivity index is 1.38. The summed E-state index contributed by atoms with van der Waals surface area (Å²) in [6, 6.07) is 6.15. The van der Waals surface area contributed by atoms with Crippen molar-refractivity contribution >= 4 is 35.0 Å². The van der Waals surface area contributed by atoms with Crippen molar-refractivity contribution in [2.24, 2.45) is 0 Å². The summed E-state index contributed by atoms with van der Waals surface area (Å²) in [5, 5.41) is 10.8. The fraction of sp³-hybridized carbons (Fsp3) is 0.556. The van der Waals surface area contributed by atoms with Gasteiger partial charge in [-0.15, -0.1) is 11.8 Å². The topological polar surface area (TPSA) is 87.0 Å². The van der Waals surface area contributed by atoms with Gasteiger partial charge in [0.25, 0.3) is 5.69 Å². The number of nitro groups is 1. The normalized spacial score (nSPS) is 27.8. The van der Waals surface area contributed by atoms with Gasteiger partial charge >= 0.3 is 0 Å². The van der Waals surface area contributed by atoms with Crippen LogP contribution in [0.15, 0.2) is 24.3 Å². The monoisotopic (exact) mass is 390 g/mol. The Hall–Kier alpha value is -2.29. The lowest BCUT2D eigenvalue weighted by atomic mass is 10.1. The van der Waals surface area contributed by atoms with E-state index in [9.17, 15) is 19.7 Å². The van der Waals surface area contributed by atoms with Crippen LogP contribution >= 0.6 is 11.8 Å². The second-order valence-electron chi connectivity index (χ2n) is 7.35. The highest BCUT2D eigenvalue weighted by Crippen LogP contribution is 2.47. The maximum Gasteiger partial charge on any atom is 0.269 e. The highest BCUT2D eigenvalue weighted by atomic mass is 32.2. The van der Waals surface area contributed by atoms with E-state index in [0.717, 1.165) is 12.1 Å². The number of nitrogens with zero attached hydrogens (tertiary/aromatic N) is 4. The van der Waals surface area contributed by atoms with Crippen LogP contribution in [0.1, 0.15) is 19.8 Å². The number of carbonyl (C=O) groups is 2. The summed E-state index contributed by atoms with van der Waals surface area (Å²) < 4.78 is 0. The fourth-order valence-corrected chi connectivity index (χ4v) is 5.61. The number of anilines is 1. The first-order valence-electron chi connectivity index (χ1n) is 9.13. The smallest absolute Gasteiger partial charge is 0.269 e. The Labute approximate surface area is 161 Å². The molecular formula is C18H22N4O4S. The van der Waals surface area contributed by atoms with E-state index in [1.807, 2.05) is 9.80 Å². The quantitative estimate of drug-likeness (QED) is 0.577. The van der Waals surface area contributed by atoms with E-state index >= 15 is 0 Å². The molecule has 0 aliphatic carbocycles. The molecule has 0 N–H and O–H groups in total. The van der Waals surface area contributed by atoms with Crippen LogP contribution < -0.4 is 4.90 Å². The molecule has 4 rings (SSSR count). The molecule has 0 unspecified atom stereocenters. The van der Waals surface area contributed by atoms with Crippen LogP contribution in [-0.4, -0.2) is 69.4 Å². The lowest BCUT2D eigenvalue weighted by molar-refractivity contribution is -0.384. The van der Waals surface area contributed by atoms with Gasteiger partial charge in [-0.25, -0.2) is 0 Å². The lowest BCUT2D eigenvalue weighted by Crippen LogP contribution is -2.56. The molecule has 0 radical (unpaired) electrons. The fourth-order valence-electron chi connectivity index (χ4n) is 4.18. The minimum Gasteiger partial charge on any atom is -0.368 e. The van der Waals surface area contributed by atoms with Crippen molar-refractivity contribution in [1.29, 1.82) is 0 Å². The first kappa shape index (κ1) is 18.1. The predicted octanol–water partition coefficient (Wildman–Crippen LogP) is 1.70. The van der Waals surface area contributed by atoms with Crippen LogP contribution in [-0.2, 0) is 9.59 Å². The number of rotatable bonds is 3. The number of thioether (sulfide) groups is 1. The SMILES string of the molecule is C[C@@]12CCC(=O)N1[C@H](C(=O)N1CCN(c3ccc([N+](=O)[O-])cc3)CC1)CS2. The molecule has 3 aliphatic heterocycles. The first-order chi connectivity index (χ1) is 12.9. The van der Waals surface area contributed by atoms with E-state index < -0.39 is 4.92 Å². The molecule has 8 nitrogen and oxygen atoms in total. The summed E-state index contributed by atoms with van der Waals surface area (Å²) in [6.45, 7) is 4.59. The minimum absolute atomic E-state index is 0.0461. The van der Waals surface area contributed by atoms with Crippen molar-refractivity contribution < 1.29 is 14.5 Å². The van der Waals surface area contributed by atoms with Gasteiger partial charge in [0.05, 0.1) is 9.79 Å². The molecule has 0 saturated carbocycles. The number of non-ortho nitro benzene ring substituents is 1. The molecule has 1 aromatic carbocycles. The first-order valence-corrected chi connectivity index (χ1v) is 10.1. The van der Waals surface area contributed by atoms with Crippen LogP contribution in [0.3, 0.4) is 0 Å². The van der Waals surface area contributed by atoms with E-state index in [2.05, 4.69) is 11.8 Å². The Morgan fingerprint density at radius 2 is 1.89 bits per heavy atom. The second-order valence-corrected chi connectivity index (χ2v) is 8.85. The van der Waals surface area contributed by atoms with Gasteiger partial charge in [0.15, 0.2) is 0 Å². The molecule has 27 heavy (non-hydrogen) atoms. The number of piperazine rings is 1. The zero-order valence-corrected chi connectivity index (χ0v) is 16.0. The number of nitro benzene ring substituents is 1. The minimum atomic E-state index is -0.409. The summed E-state index contributed by atoms with van der Waals surface area (Å²) in [5.74, 6) is 0.805. The molecule has 3 fully saturated rings. The van der Waals surface area contributed by atoms with Crippen LogP contribution in [0.2, 0.25) is 0 Å². The molecule has 3 heterocycles. The van der Waals surface area contributed by atoms with Crippen LogP contribution in [0.25, 0.3) is 0 Å². The maximum atomic E-state index is 13.0. The van der Waals surface area contributed by atoms with E-state index in [4.69, 9.17) is 0 Å². The van der Waals surface area contributed by atoms with Gasteiger partial charge < -0.3 is 14.7 Å². The van der Waals surface area contributed by atoms with Crippen molar-refractivity contribution in [1.82, 2.24) is 9.80 Å². The third-order valence-corrected chi connectivity index (χ3v) is 7.25. The number of benzene rings is 1. The van der Waals surface area contributed by atoms with Gasteiger partial charge in [0.2, 0.25) is 11.8 Å². The third-order valence-electron chi connectivity index (χ3n) is 5.75. The highest BCUT2D eigenvalue weighted by Gasteiger charge is 2.53. The number of hydrogen-bond acceptors (Lipinski definition) is 6. The summed E-state index contributed by atoms with van der Waals surface area (Å²) >= 11 is 1.71. The largest absolute Gasteiger partial charge is 0.368 e. The molecule has 3 aliphatic rings. The molecular weight excluding hydrogens is 368 g/mol. The standard InChI is InChI=1S/C18H22N4O4S/c1-18-7-6-16(23)21(18)15(12-27-18)17(24)20-10-8-19(9-11-20)13-2-4-14(5-3-13)22(25)26/h2-5,15H,6-12H2,1H3/t15-,18+/m0/s1. The highest BCUT2D eigenvalue weighted by molar-refractivity contribution is 8.01. The zero-order chi connectivity index (χ0) is 19.2. The van der Waals surface area contributed by atoms with Crippen molar-refractivity contribution in [2.45, 2.75) is 30.7 Å². The van der Waals surface area contributed by atoms with Crippen molar-refractivity contribution in [3.63, 3.8) is 0 Å². The number of fused-ring (bicyclic) bond motifs is 1. The molecule has 9 heteroatoms. The van der Waals surface area contributed by atoms with Gasteiger partial charge in [0, 0.05) is 56.2 Å². The number of hydrogen-bond donors (Lipinski definition) is 0. The van der Waals surface area contributed by atoms with Crippen molar-refractivity contribution in [3.05, 3.63) is 34.4 Å². The Bertz CT molecular complexity index is 778. The van der Waals surface area contributed by atoms with Crippen LogP contribution in [0.5, 0.6) is 0 Å². The molecule has 0 spiro atoms. The molecule has 1 aromatic rings. The molecule has 0 aromatic heterocycles. The van der Waals surface area contributed by atoms with Gasteiger partial charge in [-0.3, -0.25) is 19.7 Å². The Kier molecular flexibility index (Phi) is 4.49. The van der Waals surface area contributed by atoms with Gasteiger partial charge in [0.1, 0.15) is 6.04 Å².